The molecular formula is C27H36Cl2N2O2. The predicted octanol–water partition coefficient (Wildman–Crippen LogP) is 6.41. The summed E-state index contributed by atoms with van der Waals surface area (Å²) in [6, 6.07) is 13.1. The number of hydrogen-bond acceptors (Lipinski definition) is 2. The zero-order chi connectivity index (χ0) is 24.8. The fraction of sp³-hybridized carbons (Fsp3) is 0.481. The molecule has 0 aromatic heterocycles. The first-order chi connectivity index (χ1) is 15.4. The van der Waals surface area contributed by atoms with Crippen molar-refractivity contribution in [2.45, 2.75) is 72.4 Å². The van der Waals surface area contributed by atoms with Crippen LogP contribution in [0.3, 0.4) is 0 Å². The topological polar surface area (TPSA) is 49.4 Å². The van der Waals surface area contributed by atoms with Crippen LogP contribution in [0.25, 0.3) is 0 Å². The Kier molecular flexibility index (Phi) is 9.81. The summed E-state index contributed by atoms with van der Waals surface area (Å²) in [7, 11) is 0. The minimum Gasteiger partial charge on any atom is -0.354 e. The van der Waals surface area contributed by atoms with Crippen LogP contribution in [0.4, 0.5) is 0 Å². The average Bonchev–Trinajstić information content (AvgIpc) is 2.75. The van der Waals surface area contributed by atoms with Crippen LogP contribution in [0.1, 0.15) is 64.7 Å². The second-order valence-corrected chi connectivity index (χ2v) is 10.8. The van der Waals surface area contributed by atoms with E-state index in [4.69, 9.17) is 23.2 Å². The van der Waals surface area contributed by atoms with Gasteiger partial charge in [0.2, 0.25) is 11.8 Å². The molecule has 0 heterocycles. The van der Waals surface area contributed by atoms with Gasteiger partial charge in [-0.3, -0.25) is 9.59 Å². The maximum absolute atomic E-state index is 13.3. The van der Waals surface area contributed by atoms with Crippen LogP contribution >= 0.6 is 23.2 Å². The van der Waals surface area contributed by atoms with Gasteiger partial charge >= 0.3 is 0 Å². The molecule has 4 nitrogen and oxygen atoms in total. The van der Waals surface area contributed by atoms with Gasteiger partial charge in [-0.05, 0) is 53.5 Å². The van der Waals surface area contributed by atoms with Crippen LogP contribution in [-0.4, -0.2) is 29.3 Å². The van der Waals surface area contributed by atoms with Gasteiger partial charge in [0.25, 0.3) is 0 Å². The molecule has 0 radical (unpaired) electrons. The largest absolute Gasteiger partial charge is 0.354 e. The van der Waals surface area contributed by atoms with Gasteiger partial charge in [0.05, 0.1) is 10.0 Å². The van der Waals surface area contributed by atoms with Crippen molar-refractivity contribution in [3.05, 3.63) is 69.2 Å². The SMILES string of the molecule is CC(C)CNC(=O)C(C)N(Cc1ccc(Cl)c(Cl)c1)C(=O)CCc1ccc(C(C)(C)C)cc1. The minimum absolute atomic E-state index is 0.0758. The van der Waals surface area contributed by atoms with E-state index in [0.717, 1.165) is 11.1 Å². The molecule has 1 N–H and O–H groups in total. The Hall–Kier alpha value is -2.04. The Morgan fingerprint density at radius 2 is 1.55 bits per heavy atom. The lowest BCUT2D eigenvalue weighted by molar-refractivity contribution is -0.140. The first kappa shape index (κ1) is 27.2. The van der Waals surface area contributed by atoms with E-state index in [1.165, 1.54) is 5.56 Å². The van der Waals surface area contributed by atoms with Crippen molar-refractivity contribution in [3.63, 3.8) is 0 Å². The van der Waals surface area contributed by atoms with E-state index in [0.29, 0.717) is 35.3 Å². The number of rotatable bonds is 9. The number of halogens is 2. The molecule has 0 saturated carbocycles. The number of carbonyl (C=O) groups is 2. The van der Waals surface area contributed by atoms with E-state index < -0.39 is 6.04 Å². The molecule has 1 unspecified atom stereocenters. The Balaban J connectivity index is 2.15. The minimum atomic E-state index is -0.603. The summed E-state index contributed by atoms with van der Waals surface area (Å²) in [6.45, 7) is 13.2. The lowest BCUT2D eigenvalue weighted by Gasteiger charge is -2.29. The van der Waals surface area contributed by atoms with Crippen LogP contribution < -0.4 is 5.32 Å². The third-order valence-corrected chi connectivity index (χ3v) is 6.38. The summed E-state index contributed by atoms with van der Waals surface area (Å²) in [5.41, 5.74) is 3.27. The van der Waals surface area contributed by atoms with E-state index in [2.05, 4.69) is 50.4 Å². The van der Waals surface area contributed by atoms with Gasteiger partial charge in [0.15, 0.2) is 0 Å². The van der Waals surface area contributed by atoms with Crippen molar-refractivity contribution >= 4 is 35.0 Å². The molecule has 0 spiro atoms. The molecule has 0 saturated heterocycles. The highest BCUT2D eigenvalue weighted by Crippen LogP contribution is 2.25. The molecule has 1 atom stereocenters. The van der Waals surface area contributed by atoms with Crippen molar-refractivity contribution in [1.29, 1.82) is 0 Å². The summed E-state index contributed by atoms with van der Waals surface area (Å²) in [6.07, 6.45) is 0.930. The summed E-state index contributed by atoms with van der Waals surface area (Å²) in [5.74, 6) is 0.0938. The highest BCUT2D eigenvalue weighted by Gasteiger charge is 2.26. The monoisotopic (exact) mass is 490 g/mol. The molecule has 2 aromatic carbocycles. The Labute approximate surface area is 208 Å². The van der Waals surface area contributed by atoms with Crippen LogP contribution in [-0.2, 0) is 28.0 Å². The summed E-state index contributed by atoms with van der Waals surface area (Å²) in [5, 5.41) is 3.82. The highest BCUT2D eigenvalue weighted by molar-refractivity contribution is 6.42. The van der Waals surface area contributed by atoms with E-state index in [1.807, 2.05) is 19.9 Å². The quantitative estimate of drug-likeness (QED) is 0.441. The molecule has 2 amide bonds. The number of benzene rings is 2. The van der Waals surface area contributed by atoms with E-state index >= 15 is 0 Å². The second-order valence-electron chi connectivity index (χ2n) is 10.0. The molecule has 33 heavy (non-hydrogen) atoms. The number of nitrogens with zero attached hydrogens (tertiary/aromatic N) is 1. The zero-order valence-electron chi connectivity index (χ0n) is 20.5. The number of hydrogen-bond donors (Lipinski definition) is 1. The Bertz CT molecular complexity index is 950. The number of aryl methyl sites for hydroxylation is 1. The molecule has 0 aliphatic heterocycles. The van der Waals surface area contributed by atoms with Gasteiger partial charge in [0.1, 0.15) is 6.04 Å². The molecule has 180 valence electrons. The van der Waals surface area contributed by atoms with Crippen LogP contribution in [0, 0.1) is 5.92 Å². The first-order valence-corrected chi connectivity index (χ1v) is 12.2. The van der Waals surface area contributed by atoms with Crippen LogP contribution in [0.15, 0.2) is 42.5 Å². The molecule has 0 aliphatic rings. The Morgan fingerprint density at radius 3 is 2.09 bits per heavy atom. The van der Waals surface area contributed by atoms with E-state index in [9.17, 15) is 9.59 Å². The predicted molar refractivity (Wildman–Crippen MR) is 138 cm³/mol. The average molecular weight is 492 g/mol. The molecule has 2 aromatic rings. The lowest BCUT2D eigenvalue weighted by Crippen LogP contribution is -2.48. The van der Waals surface area contributed by atoms with Crippen LogP contribution in [0.2, 0.25) is 10.0 Å². The maximum atomic E-state index is 13.3. The normalized spacial score (nSPS) is 12.5. The summed E-state index contributed by atoms with van der Waals surface area (Å²) >= 11 is 12.2. The molecule has 6 heteroatoms. The first-order valence-electron chi connectivity index (χ1n) is 11.5. The number of carbonyl (C=O) groups excluding carboxylic acids is 2. The van der Waals surface area contributed by atoms with Crippen molar-refractivity contribution in [2.75, 3.05) is 6.54 Å². The van der Waals surface area contributed by atoms with Gasteiger partial charge in [-0.2, -0.15) is 0 Å². The van der Waals surface area contributed by atoms with Gasteiger partial charge < -0.3 is 10.2 Å². The fourth-order valence-electron chi connectivity index (χ4n) is 3.44. The number of nitrogens with one attached hydrogen (secondary N) is 1. The third-order valence-electron chi connectivity index (χ3n) is 5.64. The smallest absolute Gasteiger partial charge is 0.242 e. The zero-order valence-corrected chi connectivity index (χ0v) is 22.1. The van der Waals surface area contributed by atoms with Crippen LogP contribution in [0.5, 0.6) is 0 Å². The molecule has 0 bridgehead atoms. The maximum Gasteiger partial charge on any atom is 0.242 e. The van der Waals surface area contributed by atoms with Gasteiger partial charge in [0, 0.05) is 19.5 Å². The molecular weight excluding hydrogens is 455 g/mol. The third kappa shape index (κ3) is 8.35. The second kappa shape index (κ2) is 11.9. The molecule has 0 aliphatic carbocycles. The summed E-state index contributed by atoms with van der Waals surface area (Å²) in [4.78, 5) is 27.7. The standard InChI is InChI=1S/C27H36Cl2N2O2/c1-18(2)16-30-26(33)19(3)31(17-21-9-13-23(28)24(29)15-21)25(32)14-10-20-7-11-22(12-8-20)27(4,5)6/h7-9,11-13,15,18-19H,10,14,16-17H2,1-6H3,(H,30,33). The van der Waals surface area contributed by atoms with Gasteiger partial charge in [-0.15, -0.1) is 0 Å². The number of amides is 2. The van der Waals surface area contributed by atoms with Gasteiger partial charge in [-0.1, -0.05) is 88.2 Å². The summed E-state index contributed by atoms with van der Waals surface area (Å²) < 4.78 is 0. The fourth-order valence-corrected chi connectivity index (χ4v) is 3.76. The van der Waals surface area contributed by atoms with E-state index in [-0.39, 0.29) is 23.8 Å². The van der Waals surface area contributed by atoms with Crippen molar-refractivity contribution in [1.82, 2.24) is 10.2 Å². The van der Waals surface area contributed by atoms with Crippen molar-refractivity contribution in [2.24, 2.45) is 5.92 Å². The van der Waals surface area contributed by atoms with E-state index in [1.54, 1.807) is 24.0 Å². The highest BCUT2D eigenvalue weighted by atomic mass is 35.5. The molecule has 0 fully saturated rings. The van der Waals surface area contributed by atoms with Gasteiger partial charge in [-0.25, -0.2) is 0 Å². The van der Waals surface area contributed by atoms with Crippen molar-refractivity contribution < 1.29 is 9.59 Å². The van der Waals surface area contributed by atoms with Crippen molar-refractivity contribution in [3.8, 4) is 0 Å². The molecule has 2 rings (SSSR count). The lowest BCUT2D eigenvalue weighted by atomic mass is 9.86. The Morgan fingerprint density at radius 1 is 0.939 bits per heavy atom.